The number of carbonyl (C=O) groups is 1. The van der Waals surface area contributed by atoms with Gasteiger partial charge in [-0.15, -0.1) is 23.5 Å². The van der Waals surface area contributed by atoms with Crippen molar-refractivity contribution < 1.29 is 4.79 Å². The molecule has 1 N–H and O–H groups in total. The molecule has 2 aromatic rings. The Labute approximate surface area is 147 Å². The van der Waals surface area contributed by atoms with Crippen LogP contribution in [0.3, 0.4) is 0 Å². The van der Waals surface area contributed by atoms with Gasteiger partial charge in [-0.3, -0.25) is 4.79 Å². The van der Waals surface area contributed by atoms with Gasteiger partial charge in [-0.25, -0.2) is 0 Å². The van der Waals surface area contributed by atoms with Crippen LogP contribution >= 0.6 is 23.5 Å². The second-order valence-electron chi connectivity index (χ2n) is 5.66. The van der Waals surface area contributed by atoms with Gasteiger partial charge in [0.2, 0.25) is 5.91 Å². The number of hydrogen-bond acceptors (Lipinski definition) is 3. The summed E-state index contributed by atoms with van der Waals surface area (Å²) < 4.78 is 0. The van der Waals surface area contributed by atoms with Crippen molar-refractivity contribution in [3.63, 3.8) is 0 Å². The maximum atomic E-state index is 12.2. The average molecular weight is 346 g/mol. The third kappa shape index (κ3) is 4.55. The predicted octanol–water partition coefficient (Wildman–Crippen LogP) is 5.37. The lowest BCUT2D eigenvalue weighted by atomic mass is 10.0. The Hall–Kier alpha value is -1.39. The molecule has 0 heterocycles. The van der Waals surface area contributed by atoms with E-state index in [2.05, 4.69) is 39.1 Å². The zero-order valence-electron chi connectivity index (χ0n) is 14.3. The Morgan fingerprint density at radius 3 is 2.30 bits per heavy atom. The molecule has 0 unspecified atom stereocenters. The van der Waals surface area contributed by atoms with Gasteiger partial charge in [-0.2, -0.15) is 0 Å². The van der Waals surface area contributed by atoms with Crippen LogP contribution in [0.1, 0.15) is 22.3 Å². The minimum absolute atomic E-state index is 0.0335. The molecule has 0 spiro atoms. The molecule has 0 saturated heterocycles. The molecule has 2 rings (SSSR count). The number of amides is 1. The standard InChI is InChI=1S/C19H23NOS2/c1-12-9-13(2)15(4)19(14(12)3)23-11-18(21)20-16-7-6-8-17(10-16)22-5/h6-10H,11H2,1-5H3,(H,20,21). The van der Waals surface area contributed by atoms with Gasteiger partial charge in [-0.05, 0) is 74.4 Å². The summed E-state index contributed by atoms with van der Waals surface area (Å²) in [6, 6.07) is 10.1. The van der Waals surface area contributed by atoms with E-state index < -0.39 is 0 Å². The molecule has 0 atom stereocenters. The number of aryl methyl sites for hydroxylation is 2. The van der Waals surface area contributed by atoms with Gasteiger partial charge < -0.3 is 5.32 Å². The second-order valence-corrected chi connectivity index (χ2v) is 7.52. The number of hydrogen-bond donors (Lipinski definition) is 1. The molecule has 0 aliphatic heterocycles. The molecule has 0 saturated carbocycles. The summed E-state index contributed by atoms with van der Waals surface area (Å²) in [5, 5.41) is 2.98. The van der Waals surface area contributed by atoms with Crippen molar-refractivity contribution in [2.24, 2.45) is 0 Å². The SMILES string of the molecule is CSc1cccc(NC(=O)CSc2c(C)c(C)cc(C)c2C)c1. The van der Waals surface area contributed by atoms with Crippen LogP contribution in [0.5, 0.6) is 0 Å². The molecule has 122 valence electrons. The molecule has 0 aliphatic carbocycles. The van der Waals surface area contributed by atoms with Gasteiger partial charge in [0.25, 0.3) is 0 Å². The highest BCUT2D eigenvalue weighted by Gasteiger charge is 2.11. The summed E-state index contributed by atoms with van der Waals surface area (Å²) in [5.41, 5.74) is 5.97. The number of benzene rings is 2. The molecule has 0 aromatic heterocycles. The topological polar surface area (TPSA) is 29.1 Å². The monoisotopic (exact) mass is 345 g/mol. The van der Waals surface area contributed by atoms with Gasteiger partial charge in [0, 0.05) is 15.5 Å². The highest BCUT2D eigenvalue weighted by atomic mass is 32.2. The van der Waals surface area contributed by atoms with Crippen molar-refractivity contribution in [1.29, 1.82) is 0 Å². The molecular formula is C19H23NOS2. The fourth-order valence-corrected chi connectivity index (χ4v) is 3.99. The summed E-state index contributed by atoms with van der Waals surface area (Å²) in [6.45, 7) is 8.51. The molecule has 0 fully saturated rings. The predicted molar refractivity (Wildman–Crippen MR) is 103 cm³/mol. The smallest absolute Gasteiger partial charge is 0.234 e. The van der Waals surface area contributed by atoms with E-state index in [0.717, 1.165) is 10.6 Å². The Bertz CT molecular complexity index is 699. The number of thioether (sulfide) groups is 2. The molecule has 0 radical (unpaired) electrons. The fourth-order valence-electron chi connectivity index (χ4n) is 2.43. The van der Waals surface area contributed by atoms with Crippen molar-refractivity contribution in [2.75, 3.05) is 17.3 Å². The van der Waals surface area contributed by atoms with Gasteiger partial charge in [0.05, 0.1) is 5.75 Å². The summed E-state index contributed by atoms with van der Waals surface area (Å²) in [7, 11) is 0. The highest BCUT2D eigenvalue weighted by Crippen LogP contribution is 2.31. The van der Waals surface area contributed by atoms with E-state index in [1.54, 1.807) is 23.5 Å². The lowest BCUT2D eigenvalue weighted by Gasteiger charge is -2.14. The summed E-state index contributed by atoms with van der Waals surface area (Å²) in [4.78, 5) is 14.6. The van der Waals surface area contributed by atoms with E-state index in [-0.39, 0.29) is 5.91 Å². The maximum Gasteiger partial charge on any atom is 0.234 e. The Kier molecular flexibility index (Phi) is 6.19. The normalized spacial score (nSPS) is 10.7. The molecule has 1 amide bonds. The van der Waals surface area contributed by atoms with Crippen LogP contribution in [-0.4, -0.2) is 17.9 Å². The van der Waals surface area contributed by atoms with Crippen molar-refractivity contribution in [2.45, 2.75) is 37.5 Å². The minimum atomic E-state index is 0.0335. The van der Waals surface area contributed by atoms with E-state index in [0.29, 0.717) is 5.75 Å². The Morgan fingerprint density at radius 1 is 1.04 bits per heavy atom. The number of nitrogens with one attached hydrogen (secondary N) is 1. The van der Waals surface area contributed by atoms with Crippen LogP contribution in [0.15, 0.2) is 40.1 Å². The molecule has 0 aliphatic rings. The first-order valence-electron chi connectivity index (χ1n) is 7.56. The van der Waals surface area contributed by atoms with Crippen LogP contribution in [0.4, 0.5) is 5.69 Å². The van der Waals surface area contributed by atoms with Crippen LogP contribution in [-0.2, 0) is 4.79 Å². The van der Waals surface area contributed by atoms with Gasteiger partial charge >= 0.3 is 0 Å². The van der Waals surface area contributed by atoms with E-state index in [1.807, 2.05) is 30.5 Å². The van der Waals surface area contributed by atoms with Crippen molar-refractivity contribution in [3.8, 4) is 0 Å². The molecule has 23 heavy (non-hydrogen) atoms. The number of carbonyl (C=O) groups excluding carboxylic acids is 1. The first-order valence-corrected chi connectivity index (χ1v) is 9.77. The van der Waals surface area contributed by atoms with Crippen LogP contribution in [0.25, 0.3) is 0 Å². The summed E-state index contributed by atoms with van der Waals surface area (Å²) in [5.74, 6) is 0.458. The highest BCUT2D eigenvalue weighted by molar-refractivity contribution is 8.00. The van der Waals surface area contributed by atoms with Crippen LogP contribution < -0.4 is 5.32 Å². The second kappa shape index (κ2) is 7.93. The zero-order chi connectivity index (χ0) is 17.0. The number of anilines is 1. The van der Waals surface area contributed by atoms with E-state index in [1.165, 1.54) is 27.1 Å². The quantitative estimate of drug-likeness (QED) is 0.738. The lowest BCUT2D eigenvalue weighted by Crippen LogP contribution is -2.14. The molecule has 2 aromatic carbocycles. The van der Waals surface area contributed by atoms with Crippen LogP contribution in [0.2, 0.25) is 0 Å². The third-order valence-corrected chi connectivity index (χ3v) is 6.03. The fraction of sp³-hybridized carbons (Fsp3) is 0.316. The lowest BCUT2D eigenvalue weighted by molar-refractivity contribution is -0.113. The molecule has 0 bridgehead atoms. The van der Waals surface area contributed by atoms with E-state index in [9.17, 15) is 4.79 Å². The molecule has 2 nitrogen and oxygen atoms in total. The van der Waals surface area contributed by atoms with E-state index in [4.69, 9.17) is 0 Å². The minimum Gasteiger partial charge on any atom is -0.325 e. The molecule has 4 heteroatoms. The Balaban J connectivity index is 2.05. The van der Waals surface area contributed by atoms with E-state index >= 15 is 0 Å². The maximum absolute atomic E-state index is 12.2. The van der Waals surface area contributed by atoms with Crippen LogP contribution in [0, 0.1) is 27.7 Å². The Morgan fingerprint density at radius 2 is 1.70 bits per heavy atom. The van der Waals surface area contributed by atoms with Gasteiger partial charge in [0.15, 0.2) is 0 Å². The largest absolute Gasteiger partial charge is 0.325 e. The summed E-state index contributed by atoms with van der Waals surface area (Å²) in [6.07, 6.45) is 2.03. The van der Waals surface area contributed by atoms with Crippen molar-refractivity contribution in [1.82, 2.24) is 0 Å². The average Bonchev–Trinajstić information content (AvgIpc) is 2.53. The molecular weight excluding hydrogens is 322 g/mol. The number of rotatable bonds is 5. The zero-order valence-corrected chi connectivity index (χ0v) is 16.0. The van der Waals surface area contributed by atoms with Crippen molar-refractivity contribution >= 4 is 35.1 Å². The first kappa shape index (κ1) is 18.0. The summed E-state index contributed by atoms with van der Waals surface area (Å²) >= 11 is 3.29. The van der Waals surface area contributed by atoms with Gasteiger partial charge in [-0.1, -0.05) is 12.1 Å². The third-order valence-electron chi connectivity index (χ3n) is 4.00. The van der Waals surface area contributed by atoms with Crippen molar-refractivity contribution in [3.05, 3.63) is 52.6 Å². The van der Waals surface area contributed by atoms with Gasteiger partial charge in [0.1, 0.15) is 0 Å². The first-order chi connectivity index (χ1) is 10.9.